The monoisotopic (exact) mass is 327 g/mol. The summed E-state index contributed by atoms with van der Waals surface area (Å²) in [5, 5.41) is 2.90. The summed E-state index contributed by atoms with van der Waals surface area (Å²) in [6.07, 6.45) is 0.930. The number of carbonyl (C=O) groups is 1. The van der Waals surface area contributed by atoms with Gasteiger partial charge in [-0.25, -0.2) is 0 Å². The summed E-state index contributed by atoms with van der Waals surface area (Å²) >= 11 is 0. The first-order valence-corrected chi connectivity index (χ1v) is 8.35. The molecule has 0 fully saturated rings. The summed E-state index contributed by atoms with van der Waals surface area (Å²) in [5.41, 5.74) is 1.28. The van der Waals surface area contributed by atoms with Gasteiger partial charge in [0.15, 0.2) is 0 Å². The number of amides is 1. The molecule has 0 spiro atoms. The molecule has 0 heterocycles. The van der Waals surface area contributed by atoms with E-state index in [0.717, 1.165) is 12.2 Å². The molecule has 2 aromatic rings. The van der Waals surface area contributed by atoms with Crippen LogP contribution in [0.1, 0.15) is 37.6 Å². The molecule has 24 heavy (non-hydrogen) atoms. The number of ether oxygens (including phenoxy) is 2. The third kappa shape index (κ3) is 5.61. The second-order valence-corrected chi connectivity index (χ2v) is 6.06. The summed E-state index contributed by atoms with van der Waals surface area (Å²) < 4.78 is 11.3. The maximum atomic E-state index is 12.4. The van der Waals surface area contributed by atoms with Crippen LogP contribution in [0.4, 0.5) is 5.69 Å². The van der Waals surface area contributed by atoms with E-state index in [2.05, 4.69) is 19.2 Å². The number of hydrogen-bond acceptors (Lipinski definition) is 3. The molecule has 0 radical (unpaired) electrons. The quantitative estimate of drug-likeness (QED) is 0.760. The van der Waals surface area contributed by atoms with Crippen LogP contribution in [0.25, 0.3) is 0 Å². The second-order valence-electron chi connectivity index (χ2n) is 6.06. The van der Waals surface area contributed by atoms with Crippen molar-refractivity contribution in [2.24, 2.45) is 5.92 Å². The van der Waals surface area contributed by atoms with Gasteiger partial charge in [0.2, 0.25) is 0 Å². The van der Waals surface area contributed by atoms with Gasteiger partial charge in [0.1, 0.15) is 11.5 Å². The van der Waals surface area contributed by atoms with E-state index in [0.29, 0.717) is 36.1 Å². The molecule has 1 N–H and O–H groups in total. The van der Waals surface area contributed by atoms with E-state index in [1.54, 1.807) is 12.1 Å². The fraction of sp³-hybridized carbons (Fsp3) is 0.350. The zero-order valence-electron chi connectivity index (χ0n) is 14.5. The first-order valence-electron chi connectivity index (χ1n) is 8.35. The minimum atomic E-state index is -0.169. The van der Waals surface area contributed by atoms with Gasteiger partial charge in [-0.05, 0) is 42.7 Å². The average Bonchev–Trinajstić information content (AvgIpc) is 2.58. The number of anilines is 1. The molecule has 0 unspecified atom stereocenters. The standard InChI is InChI=1S/C20H25NO3/c1-4-11-23-18-9-5-7-16(12-18)20(22)21-17-8-6-10-19(13-17)24-14-15(2)3/h5-10,12-13,15H,4,11,14H2,1-3H3,(H,21,22). The maximum Gasteiger partial charge on any atom is 0.255 e. The summed E-state index contributed by atoms with van der Waals surface area (Å²) in [5.74, 6) is 1.74. The number of nitrogens with one attached hydrogen (secondary N) is 1. The first kappa shape index (κ1) is 17.9. The topological polar surface area (TPSA) is 47.6 Å². The second kappa shape index (κ2) is 8.96. The molecule has 2 aromatic carbocycles. The molecular formula is C20H25NO3. The lowest BCUT2D eigenvalue weighted by molar-refractivity contribution is 0.102. The van der Waals surface area contributed by atoms with Crippen LogP contribution < -0.4 is 14.8 Å². The largest absolute Gasteiger partial charge is 0.494 e. The number of hydrogen-bond donors (Lipinski definition) is 1. The van der Waals surface area contributed by atoms with Gasteiger partial charge in [0, 0.05) is 17.3 Å². The van der Waals surface area contributed by atoms with E-state index >= 15 is 0 Å². The molecule has 0 saturated carbocycles. The Morgan fingerprint density at radius 3 is 2.46 bits per heavy atom. The molecule has 0 bridgehead atoms. The van der Waals surface area contributed by atoms with E-state index in [4.69, 9.17) is 9.47 Å². The summed E-state index contributed by atoms with van der Waals surface area (Å²) in [6.45, 7) is 7.53. The zero-order chi connectivity index (χ0) is 17.4. The third-order valence-corrected chi connectivity index (χ3v) is 3.24. The molecule has 0 aliphatic heterocycles. The lowest BCUT2D eigenvalue weighted by Gasteiger charge is -2.11. The maximum absolute atomic E-state index is 12.4. The first-order chi connectivity index (χ1) is 11.6. The highest BCUT2D eigenvalue weighted by Gasteiger charge is 2.08. The number of rotatable bonds is 8. The Hall–Kier alpha value is -2.49. The van der Waals surface area contributed by atoms with Crippen molar-refractivity contribution in [2.45, 2.75) is 27.2 Å². The van der Waals surface area contributed by atoms with Crippen molar-refractivity contribution in [3.63, 3.8) is 0 Å². The van der Waals surface area contributed by atoms with E-state index in [-0.39, 0.29) is 5.91 Å². The lowest BCUT2D eigenvalue weighted by atomic mass is 10.2. The SMILES string of the molecule is CCCOc1cccc(C(=O)Nc2cccc(OCC(C)C)c2)c1. The van der Waals surface area contributed by atoms with Gasteiger partial charge in [-0.2, -0.15) is 0 Å². The molecule has 4 nitrogen and oxygen atoms in total. The molecule has 2 rings (SSSR count). The smallest absolute Gasteiger partial charge is 0.255 e. The highest BCUT2D eigenvalue weighted by Crippen LogP contribution is 2.20. The van der Waals surface area contributed by atoms with Crippen LogP contribution in [0.3, 0.4) is 0 Å². The van der Waals surface area contributed by atoms with E-state index in [1.165, 1.54) is 0 Å². The Bertz CT molecular complexity index is 667. The molecule has 128 valence electrons. The lowest BCUT2D eigenvalue weighted by Crippen LogP contribution is -2.12. The van der Waals surface area contributed by atoms with Crippen LogP contribution in [0, 0.1) is 5.92 Å². The highest BCUT2D eigenvalue weighted by atomic mass is 16.5. The van der Waals surface area contributed by atoms with Crippen molar-refractivity contribution < 1.29 is 14.3 Å². The van der Waals surface area contributed by atoms with Crippen LogP contribution in [0.2, 0.25) is 0 Å². The van der Waals surface area contributed by atoms with Gasteiger partial charge < -0.3 is 14.8 Å². The van der Waals surface area contributed by atoms with Crippen molar-refractivity contribution in [2.75, 3.05) is 18.5 Å². The van der Waals surface area contributed by atoms with Crippen LogP contribution in [-0.4, -0.2) is 19.1 Å². The van der Waals surface area contributed by atoms with Gasteiger partial charge >= 0.3 is 0 Å². The molecule has 1 amide bonds. The van der Waals surface area contributed by atoms with Crippen molar-refractivity contribution in [1.82, 2.24) is 0 Å². The Kier molecular flexibility index (Phi) is 6.67. The van der Waals surface area contributed by atoms with Gasteiger partial charge in [0.25, 0.3) is 5.91 Å². The minimum Gasteiger partial charge on any atom is -0.494 e. The van der Waals surface area contributed by atoms with Gasteiger partial charge in [-0.3, -0.25) is 4.79 Å². The fourth-order valence-corrected chi connectivity index (χ4v) is 2.08. The van der Waals surface area contributed by atoms with Crippen LogP contribution in [0.15, 0.2) is 48.5 Å². The molecule has 0 aromatic heterocycles. The van der Waals surface area contributed by atoms with Crippen molar-refractivity contribution in [3.8, 4) is 11.5 Å². The summed E-state index contributed by atoms with van der Waals surface area (Å²) in [7, 11) is 0. The summed E-state index contributed by atoms with van der Waals surface area (Å²) in [6, 6.07) is 14.6. The van der Waals surface area contributed by atoms with Crippen molar-refractivity contribution >= 4 is 11.6 Å². The summed E-state index contributed by atoms with van der Waals surface area (Å²) in [4.78, 5) is 12.4. The third-order valence-electron chi connectivity index (χ3n) is 3.24. The number of benzene rings is 2. The van der Waals surface area contributed by atoms with Gasteiger partial charge in [-0.1, -0.05) is 32.9 Å². The van der Waals surface area contributed by atoms with E-state index in [9.17, 15) is 4.79 Å². The van der Waals surface area contributed by atoms with Crippen molar-refractivity contribution in [3.05, 3.63) is 54.1 Å². The molecule has 4 heteroatoms. The van der Waals surface area contributed by atoms with Crippen LogP contribution >= 0.6 is 0 Å². The Morgan fingerprint density at radius 2 is 1.75 bits per heavy atom. The highest BCUT2D eigenvalue weighted by molar-refractivity contribution is 6.04. The minimum absolute atomic E-state index is 0.169. The van der Waals surface area contributed by atoms with Crippen molar-refractivity contribution in [1.29, 1.82) is 0 Å². The Balaban J connectivity index is 2.02. The molecule has 0 atom stereocenters. The molecular weight excluding hydrogens is 302 g/mol. The molecule has 0 aliphatic carbocycles. The fourth-order valence-electron chi connectivity index (χ4n) is 2.08. The average molecular weight is 327 g/mol. The van der Waals surface area contributed by atoms with Crippen LogP contribution in [-0.2, 0) is 0 Å². The van der Waals surface area contributed by atoms with Crippen LogP contribution in [0.5, 0.6) is 11.5 Å². The zero-order valence-corrected chi connectivity index (χ0v) is 14.5. The normalized spacial score (nSPS) is 10.5. The predicted molar refractivity (Wildman–Crippen MR) is 97.0 cm³/mol. The molecule has 0 saturated heterocycles. The van der Waals surface area contributed by atoms with E-state index in [1.807, 2.05) is 43.3 Å². The Labute approximate surface area is 143 Å². The van der Waals surface area contributed by atoms with Gasteiger partial charge in [-0.15, -0.1) is 0 Å². The number of carbonyl (C=O) groups excluding carboxylic acids is 1. The Morgan fingerprint density at radius 1 is 1.04 bits per heavy atom. The predicted octanol–water partition coefficient (Wildman–Crippen LogP) is 4.76. The van der Waals surface area contributed by atoms with E-state index < -0.39 is 0 Å². The molecule has 0 aliphatic rings. The van der Waals surface area contributed by atoms with Gasteiger partial charge in [0.05, 0.1) is 13.2 Å².